The molecule has 0 aliphatic rings. The van der Waals surface area contributed by atoms with E-state index in [1.165, 1.54) is 36.4 Å². The van der Waals surface area contributed by atoms with Crippen molar-refractivity contribution < 1.29 is 21.9 Å². The van der Waals surface area contributed by atoms with Gasteiger partial charge in [-0.25, -0.2) is 16.8 Å². The number of sulfone groups is 2. The number of nitrogens with zero attached hydrogens (tertiary/aromatic N) is 1. The predicted molar refractivity (Wildman–Crippen MR) is 127 cm³/mol. The molecule has 2 aromatic carbocycles. The first-order chi connectivity index (χ1) is 14.2. The monoisotopic (exact) mass is 551 g/mol. The van der Waals surface area contributed by atoms with Crippen molar-refractivity contribution in [1.29, 1.82) is 0 Å². The molecule has 0 fully saturated rings. The number of hydrogen-bond donors (Lipinski definition) is 1. The molecule has 2 rings (SSSR count). The van der Waals surface area contributed by atoms with E-state index in [1.807, 2.05) is 27.7 Å². The molecule has 0 spiro atoms. The van der Waals surface area contributed by atoms with Crippen molar-refractivity contribution in [2.45, 2.75) is 55.3 Å². The molecule has 172 valence electrons. The molecule has 0 aliphatic heterocycles. The lowest BCUT2D eigenvalue weighted by atomic mass is 10.2. The highest BCUT2D eigenvalue weighted by molar-refractivity contribution is 9.10. The van der Waals surface area contributed by atoms with E-state index in [9.17, 15) is 21.9 Å². The Kier molecular flexibility index (Phi) is 8.60. The normalized spacial score (nSPS) is 12.8. The summed E-state index contributed by atoms with van der Waals surface area (Å²) >= 11 is 9.32. The average molecular weight is 553 g/mol. The standard InChI is InChI=1S/C21H27BrClNO5S2/c1-14(2)24(15(3)4)7-8-30(26,27)19-10-16(9-18(23)12-19)13-31(28,29)21-11-17(22)5-6-20(21)25/h5-6,9-12,14-15,25H,7-8,13H2,1-4H3. The van der Waals surface area contributed by atoms with Gasteiger partial charge in [0, 0.05) is 28.1 Å². The zero-order valence-corrected chi connectivity index (χ0v) is 21.8. The summed E-state index contributed by atoms with van der Waals surface area (Å²) in [5.74, 6) is -0.979. The molecule has 1 N–H and O–H groups in total. The highest BCUT2D eigenvalue weighted by Crippen LogP contribution is 2.30. The van der Waals surface area contributed by atoms with Crippen molar-refractivity contribution in [3.05, 3.63) is 51.5 Å². The molecule has 0 bridgehead atoms. The number of benzene rings is 2. The Morgan fingerprint density at radius 3 is 2.16 bits per heavy atom. The predicted octanol–water partition coefficient (Wildman–Crippen LogP) is 4.67. The quantitative estimate of drug-likeness (QED) is 0.486. The van der Waals surface area contributed by atoms with Gasteiger partial charge in [0.05, 0.1) is 16.4 Å². The molecule has 0 saturated heterocycles. The lowest BCUT2D eigenvalue weighted by molar-refractivity contribution is 0.186. The molecule has 0 aromatic heterocycles. The second-order valence-electron chi connectivity index (χ2n) is 7.91. The van der Waals surface area contributed by atoms with Gasteiger partial charge in [0.1, 0.15) is 10.6 Å². The number of aromatic hydroxyl groups is 1. The van der Waals surface area contributed by atoms with E-state index in [0.29, 0.717) is 11.0 Å². The van der Waals surface area contributed by atoms with E-state index < -0.39 is 25.4 Å². The van der Waals surface area contributed by atoms with Crippen molar-refractivity contribution in [2.24, 2.45) is 0 Å². The van der Waals surface area contributed by atoms with Gasteiger partial charge in [-0.1, -0.05) is 27.5 Å². The maximum absolute atomic E-state index is 12.9. The Morgan fingerprint density at radius 1 is 0.968 bits per heavy atom. The molecule has 0 saturated carbocycles. The molecule has 0 radical (unpaired) electrons. The Bertz CT molecular complexity index is 1140. The number of rotatable bonds is 9. The fraction of sp³-hybridized carbons (Fsp3) is 0.429. The fourth-order valence-corrected chi connectivity index (χ4v) is 6.99. The summed E-state index contributed by atoms with van der Waals surface area (Å²) < 4.78 is 52.0. The van der Waals surface area contributed by atoms with Gasteiger partial charge in [-0.05, 0) is 69.7 Å². The Morgan fingerprint density at radius 2 is 1.58 bits per heavy atom. The first-order valence-electron chi connectivity index (χ1n) is 9.72. The molecule has 10 heteroatoms. The summed E-state index contributed by atoms with van der Waals surface area (Å²) in [5, 5.41) is 10.1. The summed E-state index contributed by atoms with van der Waals surface area (Å²) in [6.07, 6.45) is 0. The van der Waals surface area contributed by atoms with Gasteiger partial charge in [-0.3, -0.25) is 4.90 Å². The van der Waals surface area contributed by atoms with Crippen LogP contribution in [0.1, 0.15) is 33.3 Å². The van der Waals surface area contributed by atoms with Crippen LogP contribution < -0.4 is 0 Å². The van der Waals surface area contributed by atoms with Gasteiger partial charge >= 0.3 is 0 Å². The minimum atomic E-state index is -3.94. The highest BCUT2D eigenvalue weighted by atomic mass is 79.9. The molecule has 0 unspecified atom stereocenters. The minimum Gasteiger partial charge on any atom is -0.507 e. The van der Waals surface area contributed by atoms with Crippen molar-refractivity contribution in [3.8, 4) is 5.75 Å². The summed E-state index contributed by atoms with van der Waals surface area (Å²) in [6.45, 7) is 8.38. The van der Waals surface area contributed by atoms with Crippen molar-refractivity contribution >= 4 is 47.2 Å². The summed E-state index contributed by atoms with van der Waals surface area (Å²) in [5.41, 5.74) is 0.232. The second kappa shape index (κ2) is 10.2. The molecular weight excluding hydrogens is 526 g/mol. The van der Waals surface area contributed by atoms with Gasteiger partial charge < -0.3 is 5.11 Å². The Labute approximate surface area is 198 Å². The van der Waals surface area contributed by atoms with Gasteiger partial charge in [-0.2, -0.15) is 0 Å². The molecule has 31 heavy (non-hydrogen) atoms. The topological polar surface area (TPSA) is 91.8 Å². The zero-order chi connectivity index (χ0) is 23.6. The van der Waals surface area contributed by atoms with Gasteiger partial charge in [0.15, 0.2) is 19.7 Å². The average Bonchev–Trinajstić information content (AvgIpc) is 2.62. The number of phenolic OH excluding ortho intramolecular Hbond substituents is 1. The summed E-state index contributed by atoms with van der Waals surface area (Å²) in [6, 6.07) is 8.57. The lowest BCUT2D eigenvalue weighted by Crippen LogP contribution is -2.40. The van der Waals surface area contributed by atoms with E-state index in [2.05, 4.69) is 20.8 Å². The van der Waals surface area contributed by atoms with Gasteiger partial charge in [0.25, 0.3) is 0 Å². The molecular formula is C21H27BrClNO5S2. The smallest absolute Gasteiger partial charge is 0.186 e. The molecule has 0 heterocycles. The zero-order valence-electron chi connectivity index (χ0n) is 17.8. The maximum Gasteiger partial charge on any atom is 0.186 e. The molecule has 2 aromatic rings. The van der Waals surface area contributed by atoms with Gasteiger partial charge in [0.2, 0.25) is 0 Å². The minimum absolute atomic E-state index is 0.0175. The molecule has 6 nitrogen and oxygen atoms in total. The fourth-order valence-electron chi connectivity index (χ4n) is 3.37. The Hall–Kier alpha value is -1.13. The van der Waals surface area contributed by atoms with Crippen LogP contribution >= 0.6 is 27.5 Å². The third-order valence-electron chi connectivity index (χ3n) is 4.85. The maximum atomic E-state index is 12.9. The summed E-state index contributed by atoms with van der Waals surface area (Å²) in [4.78, 5) is 1.82. The number of halogens is 2. The third-order valence-corrected chi connectivity index (χ3v) is 8.94. The van der Waals surface area contributed by atoms with Crippen LogP contribution in [-0.4, -0.2) is 51.2 Å². The van der Waals surface area contributed by atoms with Crippen molar-refractivity contribution in [2.75, 3.05) is 12.3 Å². The molecule has 0 atom stereocenters. The van der Waals surface area contributed by atoms with E-state index in [1.54, 1.807) is 0 Å². The molecule has 0 amide bonds. The largest absolute Gasteiger partial charge is 0.507 e. The first kappa shape index (κ1) is 26.1. The third kappa shape index (κ3) is 6.92. The number of phenols is 1. The van der Waals surface area contributed by atoms with E-state index in [4.69, 9.17) is 11.6 Å². The van der Waals surface area contributed by atoms with Crippen LogP contribution in [0.25, 0.3) is 0 Å². The van der Waals surface area contributed by atoms with E-state index >= 15 is 0 Å². The van der Waals surface area contributed by atoms with Crippen LogP contribution in [0.4, 0.5) is 0 Å². The van der Waals surface area contributed by atoms with Crippen LogP contribution in [-0.2, 0) is 25.4 Å². The SMILES string of the molecule is CC(C)N(CCS(=O)(=O)c1cc(Cl)cc(CS(=O)(=O)c2cc(Br)ccc2O)c1)C(C)C. The van der Waals surface area contributed by atoms with E-state index in [-0.39, 0.29) is 44.0 Å². The second-order valence-corrected chi connectivity index (χ2v) is 13.3. The Balaban J connectivity index is 2.34. The van der Waals surface area contributed by atoms with Crippen LogP contribution in [0, 0.1) is 0 Å². The first-order valence-corrected chi connectivity index (χ1v) is 14.2. The summed E-state index contributed by atoms with van der Waals surface area (Å²) in [7, 11) is -7.62. The van der Waals surface area contributed by atoms with E-state index in [0.717, 1.165) is 0 Å². The van der Waals surface area contributed by atoms with Gasteiger partial charge in [-0.15, -0.1) is 0 Å². The van der Waals surface area contributed by atoms with Crippen LogP contribution in [0.15, 0.2) is 50.7 Å². The molecule has 0 aliphatic carbocycles. The van der Waals surface area contributed by atoms with Crippen LogP contribution in [0.2, 0.25) is 5.02 Å². The van der Waals surface area contributed by atoms with Crippen molar-refractivity contribution in [3.63, 3.8) is 0 Å². The lowest BCUT2D eigenvalue weighted by Gasteiger charge is -2.30. The highest BCUT2D eigenvalue weighted by Gasteiger charge is 2.24. The van der Waals surface area contributed by atoms with Crippen LogP contribution in [0.5, 0.6) is 5.75 Å². The van der Waals surface area contributed by atoms with Crippen LogP contribution in [0.3, 0.4) is 0 Å². The van der Waals surface area contributed by atoms with Crippen molar-refractivity contribution in [1.82, 2.24) is 4.90 Å². The number of hydrogen-bond acceptors (Lipinski definition) is 6.